The molecule has 1 unspecified atom stereocenters. The molecule has 1 rings (SSSR count). The van der Waals surface area contributed by atoms with Gasteiger partial charge < -0.3 is 5.73 Å². The summed E-state index contributed by atoms with van der Waals surface area (Å²) in [4.78, 5) is 6.60. The van der Waals surface area contributed by atoms with E-state index in [2.05, 4.69) is 30.8 Å². The summed E-state index contributed by atoms with van der Waals surface area (Å²) in [5, 5.41) is 0. The van der Waals surface area contributed by atoms with Crippen molar-refractivity contribution in [2.45, 2.75) is 39.3 Å². The van der Waals surface area contributed by atoms with Crippen LogP contribution in [0.15, 0.2) is 18.2 Å². The molecule has 1 atom stereocenters. The highest BCUT2D eigenvalue weighted by Gasteiger charge is 2.08. The van der Waals surface area contributed by atoms with Crippen LogP contribution in [0, 0.1) is 0 Å². The average Bonchev–Trinajstić information content (AvgIpc) is 2.18. The van der Waals surface area contributed by atoms with E-state index in [1.54, 1.807) is 0 Å². The summed E-state index contributed by atoms with van der Waals surface area (Å²) >= 11 is 0. The number of hydrogen-bond acceptors (Lipinski definition) is 3. The SMILES string of the molecule is CCCC(C)N(C)Cc1cccc(N)n1. The monoisotopic (exact) mass is 207 g/mol. The van der Waals surface area contributed by atoms with Crippen molar-refractivity contribution >= 4 is 5.82 Å². The molecule has 2 N–H and O–H groups in total. The number of nitrogens with two attached hydrogens (primary N) is 1. The summed E-state index contributed by atoms with van der Waals surface area (Å²) < 4.78 is 0. The Morgan fingerprint density at radius 2 is 2.20 bits per heavy atom. The van der Waals surface area contributed by atoms with E-state index in [0.29, 0.717) is 11.9 Å². The van der Waals surface area contributed by atoms with Crippen molar-refractivity contribution in [3.63, 3.8) is 0 Å². The first-order chi connectivity index (χ1) is 7.13. The van der Waals surface area contributed by atoms with Crippen LogP contribution >= 0.6 is 0 Å². The van der Waals surface area contributed by atoms with Gasteiger partial charge in [-0.15, -0.1) is 0 Å². The van der Waals surface area contributed by atoms with Crippen LogP contribution in [-0.4, -0.2) is 23.0 Å². The minimum absolute atomic E-state index is 0.596. The molecule has 0 fully saturated rings. The van der Waals surface area contributed by atoms with E-state index in [1.807, 2.05) is 18.2 Å². The van der Waals surface area contributed by atoms with Gasteiger partial charge >= 0.3 is 0 Å². The molecular weight excluding hydrogens is 186 g/mol. The fourth-order valence-electron chi connectivity index (χ4n) is 1.64. The third kappa shape index (κ3) is 3.88. The van der Waals surface area contributed by atoms with E-state index < -0.39 is 0 Å². The Bertz CT molecular complexity index is 299. The molecule has 0 saturated carbocycles. The van der Waals surface area contributed by atoms with Crippen molar-refractivity contribution in [1.82, 2.24) is 9.88 Å². The van der Waals surface area contributed by atoms with Crippen LogP contribution in [0.25, 0.3) is 0 Å². The Labute approximate surface area is 92.3 Å². The summed E-state index contributed by atoms with van der Waals surface area (Å²) in [5.74, 6) is 0.601. The van der Waals surface area contributed by atoms with Crippen LogP contribution in [0.4, 0.5) is 5.82 Å². The first-order valence-electron chi connectivity index (χ1n) is 5.55. The Kier molecular flexibility index (Phi) is 4.56. The van der Waals surface area contributed by atoms with Crippen LogP contribution in [0.5, 0.6) is 0 Å². The highest BCUT2D eigenvalue weighted by Crippen LogP contribution is 2.09. The second kappa shape index (κ2) is 5.71. The maximum atomic E-state index is 5.64. The van der Waals surface area contributed by atoms with Gasteiger partial charge in [0.25, 0.3) is 0 Å². The number of nitrogen functional groups attached to an aromatic ring is 1. The molecule has 0 aromatic carbocycles. The van der Waals surface area contributed by atoms with Crippen LogP contribution in [0.2, 0.25) is 0 Å². The van der Waals surface area contributed by atoms with Gasteiger partial charge in [-0.2, -0.15) is 0 Å². The number of hydrogen-bond donors (Lipinski definition) is 1. The van der Waals surface area contributed by atoms with Gasteiger partial charge in [-0.3, -0.25) is 4.90 Å². The summed E-state index contributed by atoms with van der Waals surface area (Å²) in [6, 6.07) is 6.39. The maximum absolute atomic E-state index is 5.64. The molecule has 15 heavy (non-hydrogen) atoms. The molecule has 1 heterocycles. The van der Waals surface area contributed by atoms with Gasteiger partial charge in [0.15, 0.2) is 0 Å². The van der Waals surface area contributed by atoms with Crippen LogP contribution in [0.3, 0.4) is 0 Å². The Morgan fingerprint density at radius 1 is 1.47 bits per heavy atom. The predicted octanol–water partition coefficient (Wildman–Crippen LogP) is 2.28. The van der Waals surface area contributed by atoms with Gasteiger partial charge in [-0.1, -0.05) is 19.4 Å². The van der Waals surface area contributed by atoms with E-state index in [0.717, 1.165) is 12.2 Å². The number of rotatable bonds is 5. The zero-order valence-corrected chi connectivity index (χ0v) is 9.90. The van der Waals surface area contributed by atoms with E-state index in [1.165, 1.54) is 12.8 Å². The van der Waals surface area contributed by atoms with Gasteiger partial charge in [0.1, 0.15) is 5.82 Å². The molecule has 0 spiro atoms. The molecule has 3 heteroatoms. The molecule has 0 amide bonds. The quantitative estimate of drug-likeness (QED) is 0.805. The third-order valence-electron chi connectivity index (χ3n) is 2.70. The minimum Gasteiger partial charge on any atom is -0.384 e. The Hall–Kier alpha value is -1.09. The maximum Gasteiger partial charge on any atom is 0.123 e. The zero-order chi connectivity index (χ0) is 11.3. The fraction of sp³-hybridized carbons (Fsp3) is 0.583. The predicted molar refractivity (Wildman–Crippen MR) is 64.5 cm³/mol. The second-order valence-corrected chi connectivity index (χ2v) is 4.11. The first-order valence-corrected chi connectivity index (χ1v) is 5.55. The summed E-state index contributed by atoms with van der Waals surface area (Å²) in [5.41, 5.74) is 6.68. The van der Waals surface area contributed by atoms with E-state index in [-0.39, 0.29) is 0 Å². The molecule has 84 valence electrons. The van der Waals surface area contributed by atoms with Crippen LogP contribution < -0.4 is 5.73 Å². The largest absolute Gasteiger partial charge is 0.384 e. The molecule has 0 aliphatic rings. The summed E-state index contributed by atoms with van der Waals surface area (Å²) in [6.07, 6.45) is 2.44. The number of anilines is 1. The van der Waals surface area contributed by atoms with Crippen molar-refractivity contribution in [3.8, 4) is 0 Å². The molecule has 0 radical (unpaired) electrons. The standard InChI is InChI=1S/C12H21N3/c1-4-6-10(2)15(3)9-11-7-5-8-12(13)14-11/h5,7-8,10H,4,6,9H2,1-3H3,(H2,13,14). The summed E-state index contributed by atoms with van der Waals surface area (Å²) in [7, 11) is 2.13. The van der Waals surface area contributed by atoms with E-state index in [4.69, 9.17) is 5.73 Å². The van der Waals surface area contributed by atoms with Crippen LogP contribution in [0.1, 0.15) is 32.4 Å². The van der Waals surface area contributed by atoms with E-state index in [9.17, 15) is 0 Å². The van der Waals surface area contributed by atoms with Gasteiger partial charge in [-0.25, -0.2) is 4.98 Å². The normalized spacial score (nSPS) is 13.1. The van der Waals surface area contributed by atoms with Crippen LogP contribution in [-0.2, 0) is 6.54 Å². The molecule has 3 nitrogen and oxygen atoms in total. The first kappa shape index (κ1) is 12.0. The molecule has 0 aliphatic carbocycles. The van der Waals surface area contributed by atoms with Gasteiger partial charge in [0, 0.05) is 12.6 Å². The van der Waals surface area contributed by atoms with Crippen molar-refractivity contribution in [1.29, 1.82) is 0 Å². The molecule has 0 saturated heterocycles. The molecule has 1 aromatic rings. The van der Waals surface area contributed by atoms with Gasteiger partial charge in [0.2, 0.25) is 0 Å². The lowest BCUT2D eigenvalue weighted by Gasteiger charge is -2.23. The Balaban J connectivity index is 2.54. The Morgan fingerprint density at radius 3 is 2.80 bits per heavy atom. The summed E-state index contributed by atoms with van der Waals surface area (Å²) in [6.45, 7) is 5.32. The number of nitrogens with zero attached hydrogens (tertiary/aromatic N) is 2. The molecule has 1 aromatic heterocycles. The van der Waals surface area contributed by atoms with Crippen molar-refractivity contribution in [2.24, 2.45) is 0 Å². The lowest BCUT2D eigenvalue weighted by molar-refractivity contribution is 0.234. The second-order valence-electron chi connectivity index (χ2n) is 4.11. The topological polar surface area (TPSA) is 42.1 Å². The van der Waals surface area contributed by atoms with Gasteiger partial charge in [0.05, 0.1) is 5.69 Å². The van der Waals surface area contributed by atoms with Crippen molar-refractivity contribution < 1.29 is 0 Å². The number of aromatic nitrogens is 1. The minimum atomic E-state index is 0.596. The zero-order valence-electron chi connectivity index (χ0n) is 9.90. The molecular formula is C12H21N3. The smallest absolute Gasteiger partial charge is 0.123 e. The average molecular weight is 207 g/mol. The highest BCUT2D eigenvalue weighted by atomic mass is 15.1. The lowest BCUT2D eigenvalue weighted by Crippen LogP contribution is -2.28. The van der Waals surface area contributed by atoms with E-state index >= 15 is 0 Å². The van der Waals surface area contributed by atoms with Crippen molar-refractivity contribution in [2.75, 3.05) is 12.8 Å². The lowest BCUT2D eigenvalue weighted by atomic mass is 10.1. The van der Waals surface area contributed by atoms with Gasteiger partial charge in [-0.05, 0) is 32.5 Å². The third-order valence-corrected chi connectivity index (χ3v) is 2.70. The number of pyridine rings is 1. The van der Waals surface area contributed by atoms with Crippen molar-refractivity contribution in [3.05, 3.63) is 23.9 Å². The molecule has 0 bridgehead atoms. The molecule has 0 aliphatic heterocycles. The fourth-order valence-corrected chi connectivity index (χ4v) is 1.64. The highest BCUT2D eigenvalue weighted by molar-refractivity contribution is 5.28.